The number of nitrogens with one attached hydrogen (secondary N) is 3. The molecule has 0 saturated carbocycles. The highest BCUT2D eigenvalue weighted by molar-refractivity contribution is 5.99. The van der Waals surface area contributed by atoms with Crippen LogP contribution in [0.4, 0.5) is 14.9 Å². The number of benzene rings is 1. The summed E-state index contributed by atoms with van der Waals surface area (Å²) < 4.78 is 18.4. The van der Waals surface area contributed by atoms with Gasteiger partial charge < -0.3 is 20.7 Å². The van der Waals surface area contributed by atoms with E-state index in [2.05, 4.69) is 16.0 Å². The zero-order chi connectivity index (χ0) is 17.5. The second kappa shape index (κ2) is 8.28. The van der Waals surface area contributed by atoms with E-state index in [9.17, 15) is 18.8 Å². The highest BCUT2D eigenvalue weighted by atomic mass is 19.1. The highest BCUT2D eigenvalue weighted by Crippen LogP contribution is 2.33. The summed E-state index contributed by atoms with van der Waals surface area (Å²) in [5.41, 5.74) is 0.840. The van der Waals surface area contributed by atoms with Crippen molar-refractivity contribution in [3.63, 3.8) is 0 Å². The van der Waals surface area contributed by atoms with Gasteiger partial charge in [-0.2, -0.15) is 0 Å². The molecule has 3 N–H and O–H groups in total. The van der Waals surface area contributed by atoms with E-state index in [1.165, 1.54) is 18.2 Å². The van der Waals surface area contributed by atoms with E-state index >= 15 is 0 Å². The lowest BCUT2D eigenvalue weighted by Crippen LogP contribution is -2.36. The summed E-state index contributed by atoms with van der Waals surface area (Å²) in [4.78, 5) is 35.0. The Morgan fingerprint density at radius 3 is 2.92 bits per heavy atom. The van der Waals surface area contributed by atoms with Gasteiger partial charge in [-0.3, -0.25) is 9.59 Å². The van der Waals surface area contributed by atoms with Crippen LogP contribution in [-0.2, 0) is 14.3 Å². The largest absolute Gasteiger partial charge is 0.465 e. The zero-order valence-corrected chi connectivity index (χ0v) is 13.4. The number of carbonyl (C=O) groups is 3. The van der Waals surface area contributed by atoms with Gasteiger partial charge in [-0.1, -0.05) is 6.07 Å². The SMILES string of the molecule is CCNC(=O)NCCCOC(=O)C1CC(=O)Nc2cc(F)ccc21. The maximum absolute atomic E-state index is 13.3. The van der Waals surface area contributed by atoms with Gasteiger partial charge in [0.05, 0.1) is 12.5 Å². The standard InChI is InChI=1S/C16H20FN3O4/c1-2-18-16(23)19-6-3-7-24-15(22)12-9-14(21)20-13-8-10(17)4-5-11(12)13/h4-5,8,12H,2-3,6-7,9H2,1H3,(H,20,21)(H2,18,19,23). The average Bonchev–Trinajstić information content (AvgIpc) is 2.53. The number of anilines is 1. The van der Waals surface area contributed by atoms with Crippen molar-refractivity contribution in [1.29, 1.82) is 0 Å². The van der Waals surface area contributed by atoms with Gasteiger partial charge in [0, 0.05) is 25.2 Å². The summed E-state index contributed by atoms with van der Waals surface area (Å²) >= 11 is 0. The molecule has 1 atom stereocenters. The second-order valence-corrected chi connectivity index (χ2v) is 5.34. The van der Waals surface area contributed by atoms with Crippen LogP contribution in [0.25, 0.3) is 0 Å². The maximum Gasteiger partial charge on any atom is 0.314 e. The third-order valence-corrected chi connectivity index (χ3v) is 3.53. The summed E-state index contributed by atoms with van der Waals surface area (Å²) in [5, 5.41) is 7.75. The lowest BCUT2D eigenvalue weighted by Gasteiger charge is -2.24. The first-order valence-corrected chi connectivity index (χ1v) is 7.79. The molecule has 1 aromatic rings. The maximum atomic E-state index is 13.3. The van der Waals surface area contributed by atoms with Crippen molar-refractivity contribution in [2.75, 3.05) is 25.0 Å². The Balaban J connectivity index is 1.85. The normalized spacial score (nSPS) is 15.9. The summed E-state index contributed by atoms with van der Waals surface area (Å²) in [6.45, 7) is 2.84. The van der Waals surface area contributed by atoms with Crippen LogP contribution in [-0.4, -0.2) is 37.6 Å². The Bertz CT molecular complexity index is 636. The molecule has 0 spiro atoms. The molecule has 0 aromatic heterocycles. The molecule has 0 radical (unpaired) electrons. The zero-order valence-electron chi connectivity index (χ0n) is 13.4. The van der Waals surface area contributed by atoms with Crippen LogP contribution in [0.3, 0.4) is 0 Å². The molecule has 2 rings (SSSR count). The number of carbonyl (C=O) groups excluding carboxylic acids is 3. The van der Waals surface area contributed by atoms with Gasteiger partial charge in [0.1, 0.15) is 5.82 Å². The van der Waals surface area contributed by atoms with Crippen LogP contribution in [0, 0.1) is 5.82 Å². The molecule has 1 heterocycles. The number of esters is 1. The molecular formula is C16H20FN3O4. The van der Waals surface area contributed by atoms with Gasteiger partial charge >= 0.3 is 12.0 Å². The molecule has 1 aliphatic heterocycles. The van der Waals surface area contributed by atoms with Gasteiger partial charge in [-0.05, 0) is 31.0 Å². The minimum absolute atomic E-state index is 0.0331. The Hall–Kier alpha value is -2.64. The van der Waals surface area contributed by atoms with Gasteiger partial charge in [0.15, 0.2) is 0 Å². The van der Waals surface area contributed by atoms with E-state index in [1.54, 1.807) is 0 Å². The Morgan fingerprint density at radius 1 is 1.38 bits per heavy atom. The number of amides is 3. The first kappa shape index (κ1) is 17.7. The summed E-state index contributed by atoms with van der Waals surface area (Å²) in [6, 6.07) is 3.63. The first-order chi connectivity index (χ1) is 11.5. The summed E-state index contributed by atoms with van der Waals surface area (Å²) in [5.74, 6) is -2.12. The molecule has 7 nitrogen and oxygen atoms in total. The van der Waals surface area contributed by atoms with E-state index in [4.69, 9.17) is 4.74 Å². The van der Waals surface area contributed by atoms with E-state index < -0.39 is 17.7 Å². The molecule has 0 fully saturated rings. The molecule has 0 aliphatic carbocycles. The molecule has 1 aromatic carbocycles. The molecule has 0 bridgehead atoms. The van der Waals surface area contributed by atoms with Crippen LogP contribution in [0.1, 0.15) is 31.2 Å². The minimum atomic E-state index is -0.745. The monoisotopic (exact) mass is 337 g/mol. The molecule has 0 saturated heterocycles. The number of hydrogen-bond donors (Lipinski definition) is 3. The fourth-order valence-electron chi connectivity index (χ4n) is 2.42. The van der Waals surface area contributed by atoms with Crippen molar-refractivity contribution >= 4 is 23.6 Å². The van der Waals surface area contributed by atoms with Crippen LogP contribution in [0.15, 0.2) is 18.2 Å². The van der Waals surface area contributed by atoms with Crippen molar-refractivity contribution < 1.29 is 23.5 Å². The topological polar surface area (TPSA) is 96.5 Å². The van der Waals surface area contributed by atoms with Gasteiger partial charge in [-0.25, -0.2) is 9.18 Å². The van der Waals surface area contributed by atoms with Crippen LogP contribution in [0.5, 0.6) is 0 Å². The molecular weight excluding hydrogens is 317 g/mol. The van der Waals surface area contributed by atoms with Crippen molar-refractivity contribution in [2.24, 2.45) is 0 Å². The lowest BCUT2D eigenvalue weighted by molar-refractivity contribution is -0.146. The Kier molecular flexibility index (Phi) is 6.11. The minimum Gasteiger partial charge on any atom is -0.465 e. The lowest BCUT2D eigenvalue weighted by atomic mass is 9.90. The van der Waals surface area contributed by atoms with Crippen LogP contribution in [0.2, 0.25) is 0 Å². The third kappa shape index (κ3) is 4.68. The van der Waals surface area contributed by atoms with Gasteiger partial charge in [-0.15, -0.1) is 0 Å². The van der Waals surface area contributed by atoms with Gasteiger partial charge in [0.25, 0.3) is 0 Å². The van der Waals surface area contributed by atoms with E-state index in [1.807, 2.05) is 6.92 Å². The fraction of sp³-hybridized carbons (Fsp3) is 0.438. The molecule has 24 heavy (non-hydrogen) atoms. The molecule has 8 heteroatoms. The second-order valence-electron chi connectivity index (χ2n) is 5.34. The molecule has 130 valence electrons. The summed E-state index contributed by atoms with van der Waals surface area (Å²) in [7, 11) is 0. The van der Waals surface area contributed by atoms with E-state index in [0.717, 1.165) is 0 Å². The smallest absolute Gasteiger partial charge is 0.314 e. The fourth-order valence-corrected chi connectivity index (χ4v) is 2.42. The molecule has 3 amide bonds. The van der Waals surface area contributed by atoms with E-state index in [-0.39, 0.29) is 25.0 Å². The predicted molar refractivity (Wildman–Crippen MR) is 85.0 cm³/mol. The molecule has 1 unspecified atom stereocenters. The van der Waals surface area contributed by atoms with Crippen molar-refractivity contribution in [1.82, 2.24) is 10.6 Å². The number of urea groups is 1. The van der Waals surface area contributed by atoms with Crippen molar-refractivity contribution in [2.45, 2.75) is 25.7 Å². The first-order valence-electron chi connectivity index (χ1n) is 7.79. The third-order valence-electron chi connectivity index (χ3n) is 3.53. The van der Waals surface area contributed by atoms with Crippen LogP contribution >= 0.6 is 0 Å². The van der Waals surface area contributed by atoms with E-state index in [0.29, 0.717) is 30.8 Å². The van der Waals surface area contributed by atoms with Crippen LogP contribution < -0.4 is 16.0 Å². The number of ether oxygens (including phenoxy) is 1. The highest BCUT2D eigenvalue weighted by Gasteiger charge is 2.32. The number of hydrogen-bond acceptors (Lipinski definition) is 4. The quantitative estimate of drug-likeness (QED) is 0.541. The summed E-state index contributed by atoms with van der Waals surface area (Å²) in [6.07, 6.45) is 0.423. The Morgan fingerprint density at radius 2 is 2.17 bits per heavy atom. The van der Waals surface area contributed by atoms with Gasteiger partial charge in [0.2, 0.25) is 5.91 Å². The number of fused-ring (bicyclic) bond motifs is 1. The average molecular weight is 337 g/mol. The predicted octanol–water partition coefficient (Wildman–Crippen LogP) is 1.50. The van der Waals surface area contributed by atoms with Crippen molar-refractivity contribution in [3.05, 3.63) is 29.6 Å². The molecule has 1 aliphatic rings. The Labute approximate surface area is 138 Å². The van der Waals surface area contributed by atoms with Crippen molar-refractivity contribution in [3.8, 4) is 0 Å². The number of rotatable bonds is 6. The number of halogens is 1.